The number of nitrogens with two attached hydrogens (primary N) is 1. The van der Waals surface area contributed by atoms with Crippen molar-refractivity contribution < 1.29 is 14.7 Å². The van der Waals surface area contributed by atoms with Gasteiger partial charge in [0.1, 0.15) is 0 Å². The molecule has 2 rings (SSSR count). The smallest absolute Gasteiger partial charge is 0.305 e. The monoisotopic (exact) mass is 276 g/mol. The Morgan fingerprint density at radius 3 is 2.30 bits per heavy atom. The van der Waals surface area contributed by atoms with Crippen LogP contribution in [0.1, 0.15) is 48.9 Å². The van der Waals surface area contributed by atoms with E-state index in [4.69, 9.17) is 10.8 Å². The van der Waals surface area contributed by atoms with Gasteiger partial charge in [0.15, 0.2) is 0 Å². The van der Waals surface area contributed by atoms with Crippen molar-refractivity contribution in [2.75, 3.05) is 5.73 Å². The number of hydrogen-bond donors (Lipinski definition) is 3. The maximum absolute atomic E-state index is 12.3. The number of amides is 1. The molecule has 0 radical (unpaired) electrons. The molecular formula is C15H20N2O3. The molecule has 0 heterocycles. The normalized spacial score (nSPS) is 17.4. The molecule has 4 N–H and O–H groups in total. The topological polar surface area (TPSA) is 92.4 Å². The molecule has 0 aromatic heterocycles. The van der Waals surface area contributed by atoms with Crippen LogP contribution < -0.4 is 11.1 Å². The van der Waals surface area contributed by atoms with Crippen LogP contribution in [0.2, 0.25) is 0 Å². The lowest BCUT2D eigenvalue weighted by molar-refractivity contribution is -0.139. The fraction of sp³-hybridized carbons (Fsp3) is 0.467. The van der Waals surface area contributed by atoms with Crippen LogP contribution >= 0.6 is 0 Å². The molecule has 108 valence electrons. The number of anilines is 1. The molecule has 1 aliphatic carbocycles. The quantitative estimate of drug-likeness (QED) is 0.735. The van der Waals surface area contributed by atoms with Crippen molar-refractivity contribution >= 4 is 17.6 Å². The Hall–Kier alpha value is -2.04. The Balaban J connectivity index is 2.12. The van der Waals surface area contributed by atoms with Gasteiger partial charge in [0.25, 0.3) is 5.91 Å². The van der Waals surface area contributed by atoms with Gasteiger partial charge in [-0.1, -0.05) is 19.3 Å². The molecule has 1 saturated carbocycles. The van der Waals surface area contributed by atoms with E-state index in [1.807, 2.05) is 0 Å². The van der Waals surface area contributed by atoms with Gasteiger partial charge < -0.3 is 16.2 Å². The van der Waals surface area contributed by atoms with Gasteiger partial charge in [-0.3, -0.25) is 9.59 Å². The van der Waals surface area contributed by atoms with E-state index < -0.39 is 11.5 Å². The number of carboxylic acid groups (broad SMARTS) is 1. The number of carbonyl (C=O) groups is 2. The minimum absolute atomic E-state index is 0.0201. The van der Waals surface area contributed by atoms with Crippen LogP contribution in [0.15, 0.2) is 24.3 Å². The molecule has 1 fully saturated rings. The van der Waals surface area contributed by atoms with Crippen LogP contribution in [0.25, 0.3) is 0 Å². The minimum Gasteiger partial charge on any atom is -0.481 e. The summed E-state index contributed by atoms with van der Waals surface area (Å²) in [5, 5.41) is 12.0. The SMILES string of the molecule is Nc1ccc(C(=O)NC2(CC(=O)O)CCCCC2)cc1. The van der Waals surface area contributed by atoms with E-state index in [2.05, 4.69) is 5.32 Å². The molecule has 1 aliphatic rings. The number of carboxylic acids is 1. The van der Waals surface area contributed by atoms with Gasteiger partial charge in [0, 0.05) is 11.3 Å². The van der Waals surface area contributed by atoms with Crippen LogP contribution in [0, 0.1) is 0 Å². The summed E-state index contributed by atoms with van der Waals surface area (Å²) >= 11 is 0. The molecule has 20 heavy (non-hydrogen) atoms. The van der Waals surface area contributed by atoms with Crippen molar-refractivity contribution in [2.24, 2.45) is 0 Å². The first-order valence-electron chi connectivity index (χ1n) is 6.91. The third-order valence-electron chi connectivity index (χ3n) is 3.85. The van der Waals surface area contributed by atoms with Crippen molar-refractivity contribution in [1.82, 2.24) is 5.32 Å². The lowest BCUT2D eigenvalue weighted by Gasteiger charge is -2.37. The van der Waals surface area contributed by atoms with Crippen molar-refractivity contribution in [2.45, 2.75) is 44.1 Å². The molecule has 0 atom stereocenters. The van der Waals surface area contributed by atoms with Gasteiger partial charge in [-0.05, 0) is 37.1 Å². The maximum atomic E-state index is 12.3. The average Bonchev–Trinajstić information content (AvgIpc) is 2.39. The highest BCUT2D eigenvalue weighted by Gasteiger charge is 2.35. The molecule has 1 aromatic carbocycles. The van der Waals surface area contributed by atoms with E-state index in [0.29, 0.717) is 11.3 Å². The summed E-state index contributed by atoms with van der Waals surface area (Å²) in [6.45, 7) is 0. The van der Waals surface area contributed by atoms with Gasteiger partial charge >= 0.3 is 5.97 Å². The largest absolute Gasteiger partial charge is 0.481 e. The third kappa shape index (κ3) is 3.50. The summed E-state index contributed by atoms with van der Waals surface area (Å²) in [4.78, 5) is 23.3. The predicted molar refractivity (Wildman–Crippen MR) is 76.4 cm³/mol. The zero-order valence-corrected chi connectivity index (χ0v) is 11.4. The number of aliphatic carboxylic acids is 1. The van der Waals surface area contributed by atoms with Gasteiger partial charge in [-0.25, -0.2) is 0 Å². The zero-order chi connectivity index (χ0) is 14.6. The molecule has 0 unspecified atom stereocenters. The van der Waals surface area contributed by atoms with E-state index in [-0.39, 0.29) is 12.3 Å². The summed E-state index contributed by atoms with van der Waals surface area (Å²) in [5.41, 5.74) is 6.09. The van der Waals surface area contributed by atoms with Crippen LogP contribution in [0.5, 0.6) is 0 Å². The Morgan fingerprint density at radius 1 is 1.15 bits per heavy atom. The number of nitrogens with one attached hydrogen (secondary N) is 1. The summed E-state index contributed by atoms with van der Waals surface area (Å²) in [6, 6.07) is 6.64. The van der Waals surface area contributed by atoms with Crippen LogP contribution in [0.3, 0.4) is 0 Å². The van der Waals surface area contributed by atoms with Crippen LogP contribution in [-0.4, -0.2) is 22.5 Å². The second kappa shape index (κ2) is 5.94. The predicted octanol–water partition coefficient (Wildman–Crippen LogP) is 2.18. The van der Waals surface area contributed by atoms with Gasteiger partial charge in [0.2, 0.25) is 0 Å². The molecule has 0 aliphatic heterocycles. The zero-order valence-electron chi connectivity index (χ0n) is 11.4. The molecule has 0 bridgehead atoms. The Kier molecular flexibility index (Phi) is 4.27. The van der Waals surface area contributed by atoms with E-state index in [0.717, 1.165) is 32.1 Å². The lowest BCUT2D eigenvalue weighted by Crippen LogP contribution is -2.51. The van der Waals surface area contributed by atoms with Crippen LogP contribution in [0.4, 0.5) is 5.69 Å². The summed E-state index contributed by atoms with van der Waals surface area (Å²) in [5.74, 6) is -1.10. The number of carbonyl (C=O) groups excluding carboxylic acids is 1. The second-order valence-corrected chi connectivity index (χ2v) is 5.49. The Bertz CT molecular complexity index is 490. The standard InChI is InChI=1S/C15H20N2O3/c16-12-6-4-11(5-7-12)14(20)17-15(10-13(18)19)8-2-1-3-9-15/h4-7H,1-3,8-10,16H2,(H,17,20)(H,18,19). The second-order valence-electron chi connectivity index (χ2n) is 5.49. The first-order valence-corrected chi connectivity index (χ1v) is 6.91. The number of hydrogen-bond acceptors (Lipinski definition) is 3. The van der Waals surface area contributed by atoms with Crippen molar-refractivity contribution in [3.05, 3.63) is 29.8 Å². The van der Waals surface area contributed by atoms with Gasteiger partial charge in [-0.15, -0.1) is 0 Å². The lowest BCUT2D eigenvalue weighted by atomic mass is 9.79. The first kappa shape index (κ1) is 14.4. The summed E-state index contributed by atoms with van der Waals surface area (Å²) in [7, 11) is 0. The molecule has 0 saturated heterocycles. The van der Waals surface area contributed by atoms with Crippen molar-refractivity contribution in [3.63, 3.8) is 0 Å². The summed E-state index contributed by atoms with van der Waals surface area (Å²) < 4.78 is 0. The first-order chi connectivity index (χ1) is 9.51. The van der Waals surface area contributed by atoms with Gasteiger partial charge in [-0.2, -0.15) is 0 Å². The summed E-state index contributed by atoms with van der Waals surface area (Å²) in [6.07, 6.45) is 4.43. The van der Waals surface area contributed by atoms with E-state index >= 15 is 0 Å². The highest BCUT2D eigenvalue weighted by Crippen LogP contribution is 2.31. The number of rotatable bonds is 4. The molecule has 1 amide bonds. The third-order valence-corrected chi connectivity index (χ3v) is 3.85. The molecule has 1 aromatic rings. The fourth-order valence-corrected chi connectivity index (χ4v) is 2.81. The van der Waals surface area contributed by atoms with E-state index in [9.17, 15) is 9.59 Å². The molecule has 0 spiro atoms. The van der Waals surface area contributed by atoms with Crippen LogP contribution in [-0.2, 0) is 4.79 Å². The number of nitrogen functional groups attached to an aromatic ring is 1. The number of benzene rings is 1. The highest BCUT2D eigenvalue weighted by atomic mass is 16.4. The Labute approximate surface area is 118 Å². The Morgan fingerprint density at radius 2 is 1.75 bits per heavy atom. The fourth-order valence-electron chi connectivity index (χ4n) is 2.81. The minimum atomic E-state index is -0.871. The maximum Gasteiger partial charge on any atom is 0.305 e. The molecule has 5 heteroatoms. The van der Waals surface area contributed by atoms with Crippen molar-refractivity contribution in [1.29, 1.82) is 0 Å². The van der Waals surface area contributed by atoms with Crippen molar-refractivity contribution in [3.8, 4) is 0 Å². The van der Waals surface area contributed by atoms with E-state index in [1.54, 1.807) is 24.3 Å². The molecule has 5 nitrogen and oxygen atoms in total. The average molecular weight is 276 g/mol. The van der Waals surface area contributed by atoms with E-state index in [1.165, 1.54) is 0 Å². The highest BCUT2D eigenvalue weighted by molar-refractivity contribution is 5.95. The van der Waals surface area contributed by atoms with Gasteiger partial charge in [0.05, 0.1) is 12.0 Å². The molecular weight excluding hydrogens is 256 g/mol.